The Bertz CT molecular complexity index is 523. The van der Waals surface area contributed by atoms with Gasteiger partial charge in [-0.3, -0.25) is 9.89 Å². The summed E-state index contributed by atoms with van der Waals surface area (Å²) in [7, 11) is 1.88. The summed E-state index contributed by atoms with van der Waals surface area (Å²) in [5, 5.41) is 3.59. The zero-order valence-electron chi connectivity index (χ0n) is 15.1. The predicted octanol–water partition coefficient (Wildman–Crippen LogP) is 3.34. The molecule has 1 N–H and O–H groups in total. The first-order valence-electron chi connectivity index (χ1n) is 8.82. The number of halogens is 1. The molecule has 1 aromatic heterocycles. The van der Waals surface area contributed by atoms with Gasteiger partial charge in [-0.1, -0.05) is 13.8 Å². The van der Waals surface area contributed by atoms with E-state index in [9.17, 15) is 0 Å². The van der Waals surface area contributed by atoms with Crippen LogP contribution in [0.4, 0.5) is 0 Å². The molecule has 3 heterocycles. The number of rotatable bonds is 4. The van der Waals surface area contributed by atoms with Gasteiger partial charge in [0, 0.05) is 26.7 Å². The van der Waals surface area contributed by atoms with Crippen LogP contribution in [0.25, 0.3) is 0 Å². The predicted molar refractivity (Wildman–Crippen MR) is 109 cm³/mol. The van der Waals surface area contributed by atoms with Crippen LogP contribution in [-0.4, -0.2) is 55.5 Å². The second-order valence-corrected chi connectivity index (χ2v) is 7.54. The quantitative estimate of drug-likeness (QED) is 0.438. The summed E-state index contributed by atoms with van der Waals surface area (Å²) in [5.74, 6) is 2.07. The van der Waals surface area contributed by atoms with Crippen LogP contribution in [0, 0.1) is 5.41 Å². The van der Waals surface area contributed by atoms with Crippen molar-refractivity contribution >= 4 is 29.9 Å². The topological polar surface area (TPSA) is 44.0 Å². The third-order valence-electron chi connectivity index (χ3n) is 5.10. The molecule has 0 aliphatic carbocycles. The van der Waals surface area contributed by atoms with Crippen LogP contribution in [0.1, 0.15) is 44.9 Å². The number of nitrogens with one attached hydrogen (secondary N) is 1. The fourth-order valence-electron chi connectivity index (χ4n) is 3.76. The minimum absolute atomic E-state index is 0. The van der Waals surface area contributed by atoms with Gasteiger partial charge in [0.05, 0.1) is 12.3 Å². The van der Waals surface area contributed by atoms with Crippen LogP contribution in [0.5, 0.6) is 0 Å². The van der Waals surface area contributed by atoms with E-state index < -0.39 is 0 Å². The van der Waals surface area contributed by atoms with Gasteiger partial charge in [0.1, 0.15) is 5.76 Å². The fraction of sp³-hybridized carbons (Fsp3) is 0.722. The first kappa shape index (κ1) is 19.6. The SMILES string of the molecule is CN=C(NCC(c1ccco1)N1CCCC1)N1CCC(C)(C)C1.I. The summed E-state index contributed by atoms with van der Waals surface area (Å²) in [6.07, 6.45) is 5.57. The maximum atomic E-state index is 5.70. The highest BCUT2D eigenvalue weighted by atomic mass is 127. The second kappa shape index (κ2) is 8.56. The molecule has 0 saturated carbocycles. The van der Waals surface area contributed by atoms with Crippen molar-refractivity contribution in [2.24, 2.45) is 10.4 Å². The number of hydrogen-bond donors (Lipinski definition) is 1. The van der Waals surface area contributed by atoms with Crippen molar-refractivity contribution < 1.29 is 4.42 Å². The zero-order chi connectivity index (χ0) is 16.3. The summed E-state index contributed by atoms with van der Waals surface area (Å²) >= 11 is 0. The number of furan rings is 1. The molecule has 1 atom stereocenters. The van der Waals surface area contributed by atoms with E-state index in [-0.39, 0.29) is 24.0 Å². The lowest BCUT2D eigenvalue weighted by Gasteiger charge is -2.29. The molecule has 3 rings (SSSR count). The average Bonchev–Trinajstić information content (AvgIpc) is 3.25. The van der Waals surface area contributed by atoms with Gasteiger partial charge in [0.2, 0.25) is 0 Å². The second-order valence-electron chi connectivity index (χ2n) is 7.54. The molecule has 0 radical (unpaired) electrons. The summed E-state index contributed by atoms with van der Waals surface area (Å²) in [6.45, 7) is 9.97. The lowest BCUT2D eigenvalue weighted by Crippen LogP contribution is -2.44. The number of hydrogen-bond acceptors (Lipinski definition) is 3. The van der Waals surface area contributed by atoms with Gasteiger partial charge in [0.25, 0.3) is 0 Å². The third kappa shape index (κ3) is 4.65. The van der Waals surface area contributed by atoms with Crippen molar-refractivity contribution in [2.75, 3.05) is 39.8 Å². The molecule has 0 spiro atoms. The Morgan fingerprint density at radius 2 is 2.08 bits per heavy atom. The first-order valence-corrected chi connectivity index (χ1v) is 8.82. The van der Waals surface area contributed by atoms with Crippen LogP contribution in [0.3, 0.4) is 0 Å². The highest BCUT2D eigenvalue weighted by molar-refractivity contribution is 14.0. The molecular formula is C18H31IN4O. The minimum atomic E-state index is 0. The molecule has 24 heavy (non-hydrogen) atoms. The maximum Gasteiger partial charge on any atom is 0.193 e. The molecule has 2 aliphatic rings. The monoisotopic (exact) mass is 446 g/mol. The molecule has 5 nitrogen and oxygen atoms in total. The van der Waals surface area contributed by atoms with Crippen LogP contribution < -0.4 is 5.32 Å². The average molecular weight is 446 g/mol. The van der Waals surface area contributed by atoms with Gasteiger partial charge in [-0.05, 0) is 49.9 Å². The van der Waals surface area contributed by atoms with Crippen LogP contribution in [0.15, 0.2) is 27.8 Å². The standard InChI is InChI=1S/C18H30N4O.HI/c1-18(2)8-11-22(14-18)17(19-3)20-13-15(16-7-6-12-23-16)21-9-4-5-10-21;/h6-7,12,15H,4-5,8-11,13-14H2,1-3H3,(H,19,20);1H. The summed E-state index contributed by atoms with van der Waals surface area (Å²) in [4.78, 5) is 9.40. The molecule has 136 valence electrons. The normalized spacial score (nSPS) is 22.5. The van der Waals surface area contributed by atoms with Crippen LogP contribution in [-0.2, 0) is 0 Å². The largest absolute Gasteiger partial charge is 0.468 e. The Labute approximate surface area is 162 Å². The molecule has 1 aromatic rings. The van der Waals surface area contributed by atoms with E-state index in [1.807, 2.05) is 13.1 Å². The Balaban J connectivity index is 0.00000208. The first-order chi connectivity index (χ1) is 11.1. The van der Waals surface area contributed by atoms with Gasteiger partial charge in [-0.2, -0.15) is 0 Å². The van der Waals surface area contributed by atoms with E-state index in [0.29, 0.717) is 11.5 Å². The molecule has 1 unspecified atom stereocenters. The van der Waals surface area contributed by atoms with E-state index in [1.165, 1.54) is 19.3 Å². The van der Waals surface area contributed by atoms with Crippen LogP contribution in [0.2, 0.25) is 0 Å². The molecule has 2 saturated heterocycles. The number of aliphatic imine (C=N–C) groups is 1. The van der Waals surface area contributed by atoms with E-state index in [0.717, 1.165) is 44.4 Å². The van der Waals surface area contributed by atoms with Gasteiger partial charge in [0.15, 0.2) is 5.96 Å². The molecule has 2 aliphatic heterocycles. The molecule has 2 fully saturated rings. The van der Waals surface area contributed by atoms with Gasteiger partial charge < -0.3 is 14.6 Å². The lowest BCUT2D eigenvalue weighted by atomic mass is 9.93. The van der Waals surface area contributed by atoms with Gasteiger partial charge in [-0.25, -0.2) is 0 Å². The Kier molecular flexibility index (Phi) is 6.98. The number of likely N-dealkylation sites (tertiary alicyclic amines) is 2. The highest BCUT2D eigenvalue weighted by Crippen LogP contribution is 2.29. The third-order valence-corrected chi connectivity index (χ3v) is 5.10. The van der Waals surface area contributed by atoms with Crippen molar-refractivity contribution in [3.63, 3.8) is 0 Å². The molecule has 0 aromatic carbocycles. The molecule has 6 heteroatoms. The van der Waals surface area contributed by atoms with E-state index in [4.69, 9.17) is 4.42 Å². The summed E-state index contributed by atoms with van der Waals surface area (Å²) < 4.78 is 5.70. The Morgan fingerprint density at radius 3 is 2.62 bits per heavy atom. The smallest absolute Gasteiger partial charge is 0.193 e. The molecular weight excluding hydrogens is 415 g/mol. The summed E-state index contributed by atoms with van der Waals surface area (Å²) in [6, 6.07) is 4.36. The minimum Gasteiger partial charge on any atom is -0.468 e. The van der Waals surface area contributed by atoms with Crippen molar-refractivity contribution in [3.8, 4) is 0 Å². The van der Waals surface area contributed by atoms with Gasteiger partial charge in [-0.15, -0.1) is 24.0 Å². The van der Waals surface area contributed by atoms with E-state index >= 15 is 0 Å². The number of nitrogens with zero attached hydrogens (tertiary/aromatic N) is 3. The maximum absolute atomic E-state index is 5.70. The fourth-order valence-corrected chi connectivity index (χ4v) is 3.76. The van der Waals surface area contributed by atoms with Crippen molar-refractivity contribution in [1.82, 2.24) is 15.1 Å². The number of guanidine groups is 1. The molecule has 0 amide bonds. The zero-order valence-corrected chi connectivity index (χ0v) is 17.5. The lowest BCUT2D eigenvalue weighted by molar-refractivity contribution is 0.214. The van der Waals surface area contributed by atoms with E-state index in [2.05, 4.69) is 40.0 Å². The highest BCUT2D eigenvalue weighted by Gasteiger charge is 2.32. The Hall–Kier alpha value is -0.760. The Morgan fingerprint density at radius 1 is 1.33 bits per heavy atom. The van der Waals surface area contributed by atoms with E-state index in [1.54, 1.807) is 6.26 Å². The van der Waals surface area contributed by atoms with Gasteiger partial charge >= 0.3 is 0 Å². The summed E-state index contributed by atoms with van der Waals surface area (Å²) in [5.41, 5.74) is 0.382. The van der Waals surface area contributed by atoms with Crippen LogP contribution >= 0.6 is 24.0 Å². The van der Waals surface area contributed by atoms with Crippen molar-refractivity contribution in [2.45, 2.75) is 39.2 Å². The van der Waals surface area contributed by atoms with Crippen molar-refractivity contribution in [3.05, 3.63) is 24.2 Å². The van der Waals surface area contributed by atoms with Crippen molar-refractivity contribution in [1.29, 1.82) is 0 Å². The molecule has 0 bridgehead atoms.